The topological polar surface area (TPSA) is 31.4 Å². The first-order valence-corrected chi connectivity index (χ1v) is 9.53. The van der Waals surface area contributed by atoms with Gasteiger partial charge in [-0.1, -0.05) is 29.8 Å². The first-order chi connectivity index (χ1) is 11.8. The maximum Gasteiger partial charge on any atom is 0.576 e. The van der Waals surface area contributed by atoms with Crippen molar-refractivity contribution in [3.8, 4) is 11.5 Å². The maximum absolute atomic E-state index is 6.32. The third-order valence-electron chi connectivity index (χ3n) is 4.01. The van der Waals surface area contributed by atoms with Crippen molar-refractivity contribution >= 4 is 26.5 Å². The third kappa shape index (κ3) is 4.34. The van der Waals surface area contributed by atoms with Gasteiger partial charge in [0.25, 0.3) is 0 Å². The van der Waals surface area contributed by atoms with Gasteiger partial charge in [-0.25, -0.2) is 4.98 Å². The van der Waals surface area contributed by atoms with Gasteiger partial charge in [-0.15, -0.1) is 0 Å². The summed E-state index contributed by atoms with van der Waals surface area (Å²) in [6.45, 7) is 10.3. The molecular weight excluding hydrogens is 325 g/mol. The van der Waals surface area contributed by atoms with Crippen molar-refractivity contribution < 1.29 is 8.53 Å². The molecule has 0 amide bonds. The van der Waals surface area contributed by atoms with Crippen LogP contribution in [-0.2, 0) is 0 Å². The van der Waals surface area contributed by atoms with Gasteiger partial charge in [0.2, 0.25) is 0 Å². The van der Waals surface area contributed by atoms with Crippen molar-refractivity contribution in [3.05, 3.63) is 65.4 Å². The molecule has 0 atom stereocenters. The molecule has 0 saturated carbocycles. The number of nitrogens with zero attached hydrogens (tertiary/aromatic N) is 1. The van der Waals surface area contributed by atoms with Gasteiger partial charge in [-0.05, 0) is 64.4 Å². The molecule has 0 spiro atoms. The number of hydrogen-bond acceptors (Lipinski definition) is 3. The van der Waals surface area contributed by atoms with Crippen molar-refractivity contribution in [2.75, 3.05) is 0 Å². The number of aryl methyl sites for hydroxylation is 3. The molecule has 4 heteroatoms. The van der Waals surface area contributed by atoms with Gasteiger partial charge < -0.3 is 8.53 Å². The van der Waals surface area contributed by atoms with Crippen LogP contribution in [0.4, 0.5) is 0 Å². The SMILES string of the molecule is Cc1ccc([O][Al][C](C)(C)Oc2cccc3c(C)cc(C)nc23)cc1. The van der Waals surface area contributed by atoms with Crippen molar-refractivity contribution in [1.82, 2.24) is 4.98 Å². The van der Waals surface area contributed by atoms with E-state index in [1.807, 2.05) is 31.2 Å². The van der Waals surface area contributed by atoms with Crippen LogP contribution in [0.3, 0.4) is 0 Å². The number of ether oxygens (including phenoxy) is 1. The van der Waals surface area contributed by atoms with E-state index in [2.05, 4.69) is 52.0 Å². The van der Waals surface area contributed by atoms with Gasteiger partial charge >= 0.3 is 15.6 Å². The van der Waals surface area contributed by atoms with Crippen LogP contribution in [0.2, 0.25) is 0 Å². The molecule has 0 aliphatic rings. The number of para-hydroxylation sites is 1. The van der Waals surface area contributed by atoms with Crippen molar-refractivity contribution in [2.45, 2.75) is 39.1 Å². The number of pyridine rings is 1. The molecule has 0 bridgehead atoms. The first-order valence-electron chi connectivity index (χ1n) is 8.48. The van der Waals surface area contributed by atoms with E-state index in [1.165, 1.54) is 11.1 Å². The highest BCUT2D eigenvalue weighted by Crippen LogP contribution is 2.29. The Hall–Kier alpha value is -2.02. The molecule has 3 nitrogen and oxygen atoms in total. The Kier molecular flexibility index (Phi) is 5.04. The highest BCUT2D eigenvalue weighted by Gasteiger charge is 2.28. The van der Waals surface area contributed by atoms with Crippen molar-refractivity contribution in [1.29, 1.82) is 0 Å². The van der Waals surface area contributed by atoms with Gasteiger partial charge in [0.15, 0.2) is 0 Å². The third-order valence-corrected chi connectivity index (χ3v) is 5.09. The molecule has 1 aromatic heterocycles. The van der Waals surface area contributed by atoms with Gasteiger partial charge in [0.1, 0.15) is 11.3 Å². The largest absolute Gasteiger partial charge is 0.646 e. The van der Waals surface area contributed by atoms with Crippen LogP contribution in [0.15, 0.2) is 48.5 Å². The van der Waals surface area contributed by atoms with E-state index >= 15 is 0 Å². The lowest BCUT2D eigenvalue weighted by molar-refractivity contribution is 0.183. The fourth-order valence-electron chi connectivity index (χ4n) is 2.77. The molecule has 127 valence electrons. The molecule has 25 heavy (non-hydrogen) atoms. The molecule has 2 aromatic carbocycles. The van der Waals surface area contributed by atoms with Gasteiger partial charge in [0, 0.05) is 11.1 Å². The maximum atomic E-state index is 6.32. The fraction of sp³-hybridized carbons (Fsp3) is 0.286. The van der Waals surface area contributed by atoms with Crippen molar-refractivity contribution in [2.24, 2.45) is 0 Å². The highest BCUT2D eigenvalue weighted by atomic mass is 27.1. The lowest BCUT2D eigenvalue weighted by Crippen LogP contribution is -2.39. The van der Waals surface area contributed by atoms with Crippen LogP contribution in [-0.4, -0.2) is 25.0 Å². The summed E-state index contributed by atoms with van der Waals surface area (Å²) in [5.74, 6) is 1.70. The Morgan fingerprint density at radius 1 is 0.960 bits per heavy atom. The summed E-state index contributed by atoms with van der Waals surface area (Å²) in [5.41, 5.74) is 4.37. The fourth-order valence-corrected chi connectivity index (χ4v) is 3.52. The van der Waals surface area contributed by atoms with Crippen LogP contribution in [0, 0.1) is 20.8 Å². The average molecular weight is 348 g/mol. The molecule has 1 radical (unpaired) electrons. The second-order valence-corrected chi connectivity index (χ2v) is 8.85. The number of hydrogen-bond donors (Lipinski definition) is 0. The zero-order valence-electron chi connectivity index (χ0n) is 15.5. The summed E-state index contributed by atoms with van der Waals surface area (Å²) in [6, 6.07) is 16.3. The standard InChI is InChI=1S/C14H16NO.C7H8O.Al/c1-9(2)16-13-7-5-6-12-10(3)8-11(4)15-14(12)13;1-6-2-4-7(8)5-3-6;/h5-8H,1-4H3;2-5,8H,1H3;/q;;+1/p-1. The van der Waals surface area contributed by atoms with Crippen LogP contribution in [0.25, 0.3) is 10.9 Å². The molecule has 0 aliphatic heterocycles. The zero-order chi connectivity index (χ0) is 18.0. The molecule has 3 aromatic rings. The summed E-state index contributed by atoms with van der Waals surface area (Å²) in [4.78, 5) is 4.69. The number of fused-ring (bicyclic) bond motifs is 1. The van der Waals surface area contributed by atoms with E-state index in [0.29, 0.717) is 0 Å². The Morgan fingerprint density at radius 3 is 2.40 bits per heavy atom. The predicted octanol–water partition coefficient (Wildman–Crippen LogP) is 4.97. The lowest BCUT2D eigenvalue weighted by atomic mass is 10.1. The molecule has 3 rings (SSSR count). The quantitative estimate of drug-likeness (QED) is 0.610. The van der Waals surface area contributed by atoms with Crippen LogP contribution >= 0.6 is 0 Å². The summed E-state index contributed by atoms with van der Waals surface area (Å²) in [6.07, 6.45) is 0. The number of benzene rings is 2. The Morgan fingerprint density at radius 2 is 1.68 bits per heavy atom. The Balaban J connectivity index is 1.80. The average Bonchev–Trinajstić information content (AvgIpc) is 2.55. The van der Waals surface area contributed by atoms with Gasteiger partial charge in [-0.3, -0.25) is 0 Å². The predicted molar refractivity (Wildman–Crippen MR) is 103 cm³/mol. The highest BCUT2D eigenvalue weighted by molar-refractivity contribution is 6.32. The minimum atomic E-state index is -0.390. The van der Waals surface area contributed by atoms with Gasteiger partial charge in [0.05, 0.1) is 10.2 Å². The van der Waals surface area contributed by atoms with E-state index in [-0.39, 0.29) is 15.6 Å². The molecule has 1 heterocycles. The Bertz CT molecular complexity index is 888. The van der Waals surface area contributed by atoms with Crippen molar-refractivity contribution in [3.63, 3.8) is 0 Å². The van der Waals surface area contributed by atoms with E-state index < -0.39 is 4.46 Å². The molecule has 0 unspecified atom stereocenters. The normalized spacial score (nSPS) is 11.4. The minimum Gasteiger partial charge on any atom is -0.646 e. The summed E-state index contributed by atoms with van der Waals surface area (Å²) in [5, 5.41) is 1.13. The van der Waals surface area contributed by atoms with E-state index in [1.54, 1.807) is 0 Å². The molecular formula is C21H23AlNO2. The van der Waals surface area contributed by atoms with E-state index in [9.17, 15) is 0 Å². The summed E-state index contributed by atoms with van der Waals surface area (Å²) in [7, 11) is 0. The molecule has 0 aliphatic carbocycles. The lowest BCUT2D eigenvalue weighted by Gasteiger charge is -2.26. The van der Waals surface area contributed by atoms with Gasteiger partial charge in [-0.2, -0.15) is 0 Å². The smallest absolute Gasteiger partial charge is 0.576 e. The monoisotopic (exact) mass is 348 g/mol. The molecule has 0 N–H and O–H groups in total. The summed E-state index contributed by atoms with van der Waals surface area (Å²) < 4.78 is 11.9. The number of aromatic nitrogens is 1. The minimum absolute atomic E-state index is 0.388. The number of rotatable bonds is 5. The zero-order valence-corrected chi connectivity index (χ0v) is 16.6. The molecule has 0 fully saturated rings. The van der Waals surface area contributed by atoms with Crippen LogP contribution < -0.4 is 8.53 Å². The second-order valence-electron chi connectivity index (χ2n) is 6.99. The van der Waals surface area contributed by atoms with Crippen LogP contribution in [0.1, 0.15) is 30.7 Å². The summed E-state index contributed by atoms with van der Waals surface area (Å²) >= 11 is -0.388. The van der Waals surface area contributed by atoms with Crippen LogP contribution in [0.5, 0.6) is 11.5 Å². The first kappa shape index (κ1) is 17.8. The van der Waals surface area contributed by atoms with E-state index in [4.69, 9.17) is 13.5 Å². The van der Waals surface area contributed by atoms with E-state index in [0.717, 1.165) is 28.1 Å². The Labute approximate surface area is 156 Å². The molecule has 0 saturated heterocycles. The second kappa shape index (κ2) is 7.08.